The Hall–Kier alpha value is -0.513. The van der Waals surface area contributed by atoms with E-state index in [4.69, 9.17) is 9.16 Å². The summed E-state index contributed by atoms with van der Waals surface area (Å²) in [7, 11) is -1.84. The van der Waals surface area contributed by atoms with Gasteiger partial charge >= 0.3 is 6.16 Å². The molecule has 0 heterocycles. The molecular formula is C14H30O3Si. The van der Waals surface area contributed by atoms with Crippen LogP contribution in [-0.4, -0.2) is 21.1 Å². The molecule has 0 unspecified atom stereocenters. The molecule has 108 valence electrons. The van der Waals surface area contributed by atoms with Gasteiger partial charge in [0.05, 0.1) is 6.61 Å². The van der Waals surface area contributed by atoms with Crippen LogP contribution in [0.3, 0.4) is 0 Å². The van der Waals surface area contributed by atoms with Gasteiger partial charge in [-0.05, 0) is 24.6 Å². The van der Waals surface area contributed by atoms with Gasteiger partial charge in [0.15, 0.2) is 0 Å². The maximum absolute atomic E-state index is 11.6. The third-order valence-corrected chi connectivity index (χ3v) is 8.17. The zero-order valence-electron chi connectivity index (χ0n) is 12.6. The van der Waals surface area contributed by atoms with Crippen LogP contribution in [-0.2, 0) is 9.16 Å². The number of hydrogen-bond donors (Lipinski definition) is 0. The summed E-state index contributed by atoms with van der Waals surface area (Å²) < 4.78 is 10.7. The Labute approximate surface area is 113 Å². The summed E-state index contributed by atoms with van der Waals surface area (Å²) in [6.07, 6.45) is 5.38. The molecule has 0 bridgehead atoms. The molecule has 0 aromatic heterocycles. The molecule has 3 nitrogen and oxygen atoms in total. The van der Waals surface area contributed by atoms with Crippen molar-refractivity contribution >= 4 is 14.5 Å². The zero-order valence-corrected chi connectivity index (χ0v) is 13.6. The number of carbonyl (C=O) groups is 1. The first-order valence-electron chi connectivity index (χ1n) is 7.49. The minimum atomic E-state index is -1.84. The fraction of sp³-hybridized carbons (Fsp3) is 0.929. The van der Waals surface area contributed by atoms with E-state index in [2.05, 4.69) is 27.7 Å². The normalized spacial score (nSPS) is 11.3. The number of rotatable bonds is 10. The second-order valence-electron chi connectivity index (χ2n) is 4.86. The summed E-state index contributed by atoms with van der Waals surface area (Å²) in [5.41, 5.74) is 0. The molecule has 0 rings (SSSR count). The van der Waals surface area contributed by atoms with E-state index in [0.717, 1.165) is 31.0 Å². The first-order chi connectivity index (χ1) is 8.64. The first-order valence-corrected chi connectivity index (χ1v) is 10.0. The Balaban J connectivity index is 3.76. The van der Waals surface area contributed by atoms with Crippen molar-refractivity contribution < 1.29 is 14.0 Å². The van der Waals surface area contributed by atoms with Crippen LogP contribution in [0.25, 0.3) is 0 Å². The predicted molar refractivity (Wildman–Crippen MR) is 78.4 cm³/mol. The van der Waals surface area contributed by atoms with E-state index in [1.165, 1.54) is 19.3 Å². The fourth-order valence-corrected chi connectivity index (χ4v) is 4.38. The molecule has 18 heavy (non-hydrogen) atoms. The van der Waals surface area contributed by atoms with E-state index >= 15 is 0 Å². The minimum Gasteiger partial charge on any atom is -0.489 e. The second-order valence-corrected chi connectivity index (χ2v) is 9.55. The molecular weight excluding hydrogens is 244 g/mol. The van der Waals surface area contributed by atoms with E-state index in [-0.39, 0.29) is 0 Å². The van der Waals surface area contributed by atoms with Gasteiger partial charge in [-0.15, -0.1) is 0 Å². The van der Waals surface area contributed by atoms with Crippen LogP contribution in [0.15, 0.2) is 0 Å². The average molecular weight is 274 g/mol. The Morgan fingerprint density at radius 2 is 1.44 bits per heavy atom. The summed E-state index contributed by atoms with van der Waals surface area (Å²) in [6, 6.07) is 2.93. The van der Waals surface area contributed by atoms with Crippen LogP contribution in [0.1, 0.15) is 59.8 Å². The lowest BCUT2D eigenvalue weighted by Crippen LogP contribution is -2.38. The lowest BCUT2D eigenvalue weighted by atomic mass is 10.2. The number of hydrogen-bond acceptors (Lipinski definition) is 3. The molecule has 0 N–H and O–H groups in total. The van der Waals surface area contributed by atoms with Gasteiger partial charge in [-0.25, -0.2) is 4.79 Å². The van der Waals surface area contributed by atoms with Crippen molar-refractivity contribution in [2.75, 3.05) is 6.61 Å². The first kappa shape index (κ1) is 17.5. The predicted octanol–water partition coefficient (Wildman–Crippen LogP) is 5.12. The fourth-order valence-electron chi connectivity index (χ4n) is 2.03. The standard InChI is InChI=1S/C14H30O3Si/c1-5-9-10-11-12-13-16-14(15)17-18(6-2,7-3)8-4/h5-13H2,1-4H3. The van der Waals surface area contributed by atoms with Gasteiger partial charge in [-0.3, -0.25) is 0 Å². The SMILES string of the molecule is CCCCCCCOC(=O)O[Si](CC)(CC)CC. The third-order valence-electron chi connectivity index (χ3n) is 3.70. The number of unbranched alkanes of at least 4 members (excludes halogenated alkanes) is 4. The zero-order chi connectivity index (χ0) is 13.9. The molecule has 0 aromatic rings. The quantitative estimate of drug-likeness (QED) is 0.315. The van der Waals surface area contributed by atoms with Crippen molar-refractivity contribution in [1.29, 1.82) is 0 Å². The Morgan fingerprint density at radius 1 is 0.889 bits per heavy atom. The van der Waals surface area contributed by atoms with Crippen molar-refractivity contribution in [3.8, 4) is 0 Å². The lowest BCUT2D eigenvalue weighted by molar-refractivity contribution is 0.0938. The van der Waals surface area contributed by atoms with Gasteiger partial charge in [0.1, 0.15) is 0 Å². The minimum absolute atomic E-state index is 0.442. The van der Waals surface area contributed by atoms with Gasteiger partial charge < -0.3 is 9.16 Å². The second kappa shape index (κ2) is 10.4. The third kappa shape index (κ3) is 7.04. The number of carbonyl (C=O) groups excluding carboxylic acids is 1. The van der Waals surface area contributed by atoms with Crippen molar-refractivity contribution in [3.05, 3.63) is 0 Å². The molecule has 0 saturated heterocycles. The molecule has 0 saturated carbocycles. The lowest BCUT2D eigenvalue weighted by Gasteiger charge is -2.26. The summed E-state index contributed by atoms with van der Waals surface area (Å²) in [4.78, 5) is 11.6. The largest absolute Gasteiger partial charge is 0.494 e. The highest BCUT2D eigenvalue weighted by Crippen LogP contribution is 2.22. The van der Waals surface area contributed by atoms with Crippen LogP contribution in [0, 0.1) is 0 Å². The monoisotopic (exact) mass is 274 g/mol. The van der Waals surface area contributed by atoms with Crippen molar-refractivity contribution in [2.45, 2.75) is 77.9 Å². The maximum Gasteiger partial charge on any atom is 0.494 e. The summed E-state index contributed by atoms with van der Waals surface area (Å²) in [5.74, 6) is 0. The number of ether oxygens (including phenoxy) is 1. The van der Waals surface area contributed by atoms with Crippen LogP contribution >= 0.6 is 0 Å². The van der Waals surface area contributed by atoms with E-state index in [9.17, 15) is 4.79 Å². The molecule has 0 aromatic carbocycles. The van der Waals surface area contributed by atoms with Crippen molar-refractivity contribution in [2.24, 2.45) is 0 Å². The maximum atomic E-state index is 11.6. The molecule has 0 radical (unpaired) electrons. The summed E-state index contributed by atoms with van der Waals surface area (Å²) in [5, 5.41) is 0. The van der Waals surface area contributed by atoms with Gasteiger partial charge in [-0.1, -0.05) is 53.4 Å². The smallest absolute Gasteiger partial charge is 0.489 e. The van der Waals surface area contributed by atoms with Crippen molar-refractivity contribution in [1.82, 2.24) is 0 Å². The summed E-state index contributed by atoms with van der Waals surface area (Å²) >= 11 is 0. The van der Waals surface area contributed by atoms with Crippen molar-refractivity contribution in [3.63, 3.8) is 0 Å². The molecule has 0 aliphatic rings. The van der Waals surface area contributed by atoms with E-state index in [1.807, 2.05) is 0 Å². The molecule has 0 spiro atoms. The molecule has 0 aliphatic heterocycles. The summed E-state index contributed by atoms with van der Waals surface area (Å²) in [6.45, 7) is 9.02. The molecule has 0 amide bonds. The van der Waals surface area contributed by atoms with Crippen LogP contribution in [0.4, 0.5) is 4.79 Å². The Morgan fingerprint density at radius 3 is 1.94 bits per heavy atom. The van der Waals surface area contributed by atoms with Crippen LogP contribution in [0.2, 0.25) is 18.1 Å². The highest BCUT2D eigenvalue weighted by atomic mass is 28.4. The highest BCUT2D eigenvalue weighted by molar-refractivity contribution is 6.74. The van der Waals surface area contributed by atoms with Crippen LogP contribution in [0.5, 0.6) is 0 Å². The van der Waals surface area contributed by atoms with E-state index in [1.54, 1.807) is 0 Å². The topological polar surface area (TPSA) is 35.5 Å². The van der Waals surface area contributed by atoms with Gasteiger partial charge in [0.2, 0.25) is 0 Å². The van der Waals surface area contributed by atoms with Gasteiger partial charge in [0.25, 0.3) is 8.32 Å². The highest BCUT2D eigenvalue weighted by Gasteiger charge is 2.33. The Bertz CT molecular complexity index is 207. The molecule has 0 aliphatic carbocycles. The van der Waals surface area contributed by atoms with E-state index in [0.29, 0.717) is 6.61 Å². The molecule has 0 fully saturated rings. The van der Waals surface area contributed by atoms with E-state index < -0.39 is 14.5 Å². The molecule has 0 atom stereocenters. The molecule has 4 heteroatoms. The van der Waals surface area contributed by atoms with Gasteiger partial charge in [-0.2, -0.15) is 0 Å². The average Bonchev–Trinajstić information content (AvgIpc) is 2.40. The van der Waals surface area contributed by atoms with Crippen LogP contribution < -0.4 is 0 Å². The van der Waals surface area contributed by atoms with Gasteiger partial charge in [0, 0.05) is 0 Å². The Kier molecular flexibility index (Phi) is 10.1.